The van der Waals surface area contributed by atoms with Gasteiger partial charge in [-0.05, 0) is 22.3 Å². The van der Waals surface area contributed by atoms with Gasteiger partial charge in [0.1, 0.15) is 7.59 Å². The van der Waals surface area contributed by atoms with E-state index in [9.17, 15) is 0 Å². The van der Waals surface area contributed by atoms with E-state index in [2.05, 4.69) is 69.0 Å². The summed E-state index contributed by atoms with van der Waals surface area (Å²) in [5.74, 6) is 0. The van der Waals surface area contributed by atoms with Gasteiger partial charge in [-0.1, -0.05) is 73.0 Å². The Hall–Kier alpha value is -1.13. The van der Waals surface area contributed by atoms with E-state index in [1.165, 1.54) is 16.7 Å². The van der Waals surface area contributed by atoms with E-state index < -0.39 is 15.2 Å². The van der Waals surface area contributed by atoms with Crippen molar-refractivity contribution in [1.29, 1.82) is 0 Å². The van der Waals surface area contributed by atoms with Crippen molar-refractivity contribution >= 4 is 25.6 Å². The molecule has 0 nitrogen and oxygen atoms in total. The van der Waals surface area contributed by atoms with Gasteiger partial charge in [-0.15, -0.1) is 0 Å². The molecule has 0 N–H and O–H groups in total. The zero-order valence-electron chi connectivity index (χ0n) is 12.0. The van der Waals surface area contributed by atoms with Crippen molar-refractivity contribution in [2.75, 3.05) is 0 Å². The average Bonchev–Trinajstić information content (AvgIpc) is 2.83. The van der Waals surface area contributed by atoms with Crippen molar-refractivity contribution in [3.05, 3.63) is 53.9 Å². The molecule has 4 rings (SSSR count). The van der Waals surface area contributed by atoms with Crippen LogP contribution in [0.15, 0.2) is 36.4 Å². The van der Waals surface area contributed by atoms with Crippen LogP contribution in [-0.4, -0.2) is 15.2 Å². The Morgan fingerprint density at radius 1 is 0.895 bits per heavy atom. The second-order valence-corrected chi connectivity index (χ2v) is 22.3. The summed E-state index contributed by atoms with van der Waals surface area (Å²) in [5, 5.41) is 3.52. The van der Waals surface area contributed by atoms with Gasteiger partial charge in [-0.25, -0.2) is 0 Å². The molecule has 2 aromatic carbocycles. The standard InChI is InChI=1S/C17H19Si2/c1-18(2,3)19(4)16-10-9-14-13-8-6-5-7-12(13)11-15(14)17(16)19/h5-11H,1-4H3. The molecule has 1 atom stereocenters. The molecule has 1 aliphatic carbocycles. The second-order valence-electron chi connectivity index (χ2n) is 7.06. The third-order valence-electron chi connectivity index (χ3n) is 5.27. The molecule has 1 radical (unpaired) electrons. The van der Waals surface area contributed by atoms with Crippen LogP contribution >= 0.6 is 0 Å². The van der Waals surface area contributed by atoms with E-state index in [4.69, 9.17) is 0 Å². The Balaban J connectivity index is 1.93. The lowest BCUT2D eigenvalue weighted by Gasteiger charge is -2.24. The lowest BCUT2D eigenvalue weighted by atomic mass is 10.1. The van der Waals surface area contributed by atoms with Crippen LogP contribution in [0.2, 0.25) is 26.2 Å². The van der Waals surface area contributed by atoms with Crippen LogP contribution in [-0.2, 0) is 0 Å². The fourth-order valence-corrected chi connectivity index (χ4v) is 14.2. The summed E-state index contributed by atoms with van der Waals surface area (Å²) in [7, 11) is -2.31. The van der Waals surface area contributed by atoms with Crippen LogP contribution < -0.4 is 10.4 Å². The predicted octanol–water partition coefficient (Wildman–Crippen LogP) is 3.19. The Kier molecular flexibility index (Phi) is 2.03. The zero-order valence-corrected chi connectivity index (χ0v) is 14.0. The van der Waals surface area contributed by atoms with Gasteiger partial charge in [-0.3, -0.25) is 0 Å². The topological polar surface area (TPSA) is 0 Å². The maximum atomic E-state index is 2.60. The molecule has 0 spiro atoms. The van der Waals surface area contributed by atoms with Crippen molar-refractivity contribution in [1.82, 2.24) is 0 Å². The average molecular weight is 280 g/mol. The van der Waals surface area contributed by atoms with Gasteiger partial charge in [0.2, 0.25) is 0 Å². The van der Waals surface area contributed by atoms with Gasteiger partial charge in [0.25, 0.3) is 0 Å². The monoisotopic (exact) mass is 279 g/mol. The maximum absolute atomic E-state index is 2.60. The molecule has 2 heteroatoms. The number of fused-ring (bicyclic) bond motifs is 5. The van der Waals surface area contributed by atoms with Gasteiger partial charge in [0.05, 0.1) is 0 Å². The first-order valence-corrected chi connectivity index (χ1v) is 14.1. The van der Waals surface area contributed by atoms with E-state index >= 15 is 0 Å². The molecule has 0 aromatic heterocycles. The molecule has 0 bridgehead atoms. The molecule has 19 heavy (non-hydrogen) atoms. The second kappa shape index (κ2) is 3.30. The number of hydrogen-bond donors (Lipinski definition) is 0. The molecule has 1 unspecified atom stereocenters. The fourth-order valence-electron chi connectivity index (χ4n) is 3.64. The van der Waals surface area contributed by atoms with E-state index in [-0.39, 0.29) is 0 Å². The van der Waals surface area contributed by atoms with E-state index in [0.29, 0.717) is 0 Å². The van der Waals surface area contributed by atoms with Crippen LogP contribution in [0.1, 0.15) is 11.1 Å². The molecule has 0 saturated carbocycles. The molecular formula is C17H19Si2. The van der Waals surface area contributed by atoms with Gasteiger partial charge < -0.3 is 0 Å². The number of rotatable bonds is 1. The molecule has 1 aliphatic heterocycles. The van der Waals surface area contributed by atoms with Crippen molar-refractivity contribution in [2.24, 2.45) is 0 Å². The SMILES string of the molecule is C[Si](C)(C)[Si]1(C)c2ccc3c(c21)[CH]c1ccccc1-3. The minimum Gasteiger partial charge on any atom is -0.0709 e. The van der Waals surface area contributed by atoms with Crippen molar-refractivity contribution in [2.45, 2.75) is 26.2 Å². The van der Waals surface area contributed by atoms with Gasteiger partial charge in [-0.2, -0.15) is 0 Å². The molecule has 0 fully saturated rings. The lowest BCUT2D eigenvalue weighted by Crippen LogP contribution is -2.51. The summed E-state index contributed by atoms with van der Waals surface area (Å²) in [6.07, 6.45) is 2.43. The summed E-state index contributed by atoms with van der Waals surface area (Å²) in [6, 6.07) is 13.6. The van der Waals surface area contributed by atoms with Crippen LogP contribution in [0.25, 0.3) is 11.1 Å². The smallest absolute Gasteiger partial charge is 0.0709 e. The highest BCUT2D eigenvalue weighted by Crippen LogP contribution is 2.41. The first kappa shape index (κ1) is 11.7. The van der Waals surface area contributed by atoms with Crippen LogP contribution in [0.4, 0.5) is 0 Å². The predicted molar refractivity (Wildman–Crippen MR) is 88.6 cm³/mol. The first-order chi connectivity index (χ1) is 8.94. The third kappa shape index (κ3) is 1.29. The largest absolute Gasteiger partial charge is 0.107 e. The molecule has 1 heterocycles. The maximum Gasteiger partial charge on any atom is 0.107 e. The quantitative estimate of drug-likeness (QED) is 0.600. The van der Waals surface area contributed by atoms with Crippen molar-refractivity contribution in [3.63, 3.8) is 0 Å². The van der Waals surface area contributed by atoms with Crippen LogP contribution in [0.3, 0.4) is 0 Å². The molecule has 2 aliphatic rings. The highest BCUT2D eigenvalue weighted by Gasteiger charge is 2.59. The Morgan fingerprint density at radius 3 is 2.37 bits per heavy atom. The van der Waals surface area contributed by atoms with Crippen LogP contribution in [0, 0.1) is 6.42 Å². The highest BCUT2D eigenvalue weighted by molar-refractivity contribution is 7.58. The minimum atomic E-state index is -1.23. The molecular weight excluding hydrogens is 260 g/mol. The summed E-state index contributed by atoms with van der Waals surface area (Å²) in [6.45, 7) is 10.2. The van der Waals surface area contributed by atoms with Crippen molar-refractivity contribution < 1.29 is 0 Å². The Labute approximate surface area is 117 Å². The molecule has 2 aromatic rings. The summed E-state index contributed by atoms with van der Waals surface area (Å²) >= 11 is 0. The number of hydrogen-bond acceptors (Lipinski definition) is 0. The van der Waals surface area contributed by atoms with E-state index in [0.717, 1.165) is 0 Å². The third-order valence-corrected chi connectivity index (χ3v) is 21.6. The summed E-state index contributed by atoms with van der Waals surface area (Å²) < 4.78 is 0. The fraction of sp³-hybridized carbons (Fsp3) is 0.235. The molecule has 0 saturated heterocycles. The normalized spacial score (nSPS) is 22.7. The molecule has 0 amide bonds. The highest BCUT2D eigenvalue weighted by atomic mass is 29.3. The summed E-state index contributed by atoms with van der Waals surface area (Å²) in [4.78, 5) is 0. The van der Waals surface area contributed by atoms with Crippen LogP contribution in [0.5, 0.6) is 0 Å². The van der Waals surface area contributed by atoms with Crippen molar-refractivity contribution in [3.8, 4) is 11.1 Å². The minimum absolute atomic E-state index is 1.08. The Morgan fingerprint density at radius 2 is 1.63 bits per heavy atom. The number of benzene rings is 2. The first-order valence-electron chi connectivity index (χ1n) is 7.07. The lowest BCUT2D eigenvalue weighted by molar-refractivity contribution is 1.57. The van der Waals surface area contributed by atoms with Gasteiger partial charge in [0, 0.05) is 14.0 Å². The van der Waals surface area contributed by atoms with E-state index in [1.807, 2.05) is 0 Å². The van der Waals surface area contributed by atoms with Gasteiger partial charge in [0.15, 0.2) is 0 Å². The molecule has 95 valence electrons. The zero-order chi connectivity index (χ0) is 13.4. The van der Waals surface area contributed by atoms with Gasteiger partial charge >= 0.3 is 0 Å². The summed E-state index contributed by atoms with van der Waals surface area (Å²) in [5.41, 5.74) is 5.88. The Bertz CT molecular complexity index is 710. The van der Waals surface area contributed by atoms with E-state index in [1.54, 1.807) is 15.9 Å².